The van der Waals surface area contributed by atoms with Gasteiger partial charge in [0, 0.05) is 43.8 Å². The van der Waals surface area contributed by atoms with E-state index in [4.69, 9.17) is 0 Å². The largest absolute Gasteiger partial charge is 0.326 e. The maximum atomic E-state index is 12.3. The van der Waals surface area contributed by atoms with Crippen LogP contribution in [0.2, 0.25) is 0 Å². The van der Waals surface area contributed by atoms with Gasteiger partial charge in [-0.25, -0.2) is 0 Å². The number of amides is 1. The maximum absolute atomic E-state index is 12.3. The van der Waals surface area contributed by atoms with Crippen molar-refractivity contribution < 1.29 is 4.79 Å². The monoisotopic (exact) mass is 329 g/mol. The van der Waals surface area contributed by atoms with Gasteiger partial charge in [-0.15, -0.1) is 0 Å². The van der Waals surface area contributed by atoms with Gasteiger partial charge >= 0.3 is 0 Å². The summed E-state index contributed by atoms with van der Waals surface area (Å²) in [7, 11) is 0. The van der Waals surface area contributed by atoms with Crippen molar-refractivity contribution >= 4 is 11.6 Å². The van der Waals surface area contributed by atoms with Crippen LogP contribution in [0.3, 0.4) is 0 Å². The van der Waals surface area contributed by atoms with Crippen molar-refractivity contribution in [2.24, 2.45) is 5.92 Å². The lowest BCUT2D eigenvalue weighted by atomic mass is 9.88. The van der Waals surface area contributed by atoms with Crippen LogP contribution >= 0.6 is 0 Å². The van der Waals surface area contributed by atoms with E-state index in [1.54, 1.807) is 0 Å². The van der Waals surface area contributed by atoms with Gasteiger partial charge in [0.15, 0.2) is 0 Å². The van der Waals surface area contributed by atoms with E-state index in [0.29, 0.717) is 6.04 Å². The summed E-state index contributed by atoms with van der Waals surface area (Å²) in [5.41, 5.74) is 2.28. The van der Waals surface area contributed by atoms with Crippen molar-refractivity contribution in [2.45, 2.75) is 51.5 Å². The number of hydrogen-bond donors (Lipinski definition) is 2. The third-order valence-corrected chi connectivity index (χ3v) is 5.50. The Morgan fingerprint density at radius 3 is 2.50 bits per heavy atom. The van der Waals surface area contributed by atoms with Gasteiger partial charge in [-0.05, 0) is 43.9 Å². The summed E-state index contributed by atoms with van der Waals surface area (Å²) in [4.78, 5) is 14.9. The fourth-order valence-corrected chi connectivity index (χ4v) is 3.93. The number of benzene rings is 1. The molecule has 0 spiro atoms. The van der Waals surface area contributed by atoms with Crippen molar-refractivity contribution in [3.63, 3.8) is 0 Å². The number of piperazine rings is 1. The average molecular weight is 329 g/mol. The van der Waals surface area contributed by atoms with Crippen molar-refractivity contribution in [2.75, 3.05) is 31.5 Å². The molecule has 1 aliphatic carbocycles. The van der Waals surface area contributed by atoms with Crippen LogP contribution in [-0.4, -0.2) is 43.0 Å². The third-order valence-electron chi connectivity index (χ3n) is 5.50. The molecule has 2 fully saturated rings. The fourth-order valence-electron chi connectivity index (χ4n) is 3.93. The lowest BCUT2D eigenvalue weighted by molar-refractivity contribution is -0.120. The Bertz CT molecular complexity index is 516. The Morgan fingerprint density at radius 2 is 1.83 bits per heavy atom. The summed E-state index contributed by atoms with van der Waals surface area (Å²) in [6.45, 7) is 6.77. The summed E-state index contributed by atoms with van der Waals surface area (Å²) in [6, 6.07) is 9.00. The van der Waals surface area contributed by atoms with Crippen LogP contribution in [0.4, 0.5) is 5.69 Å². The number of anilines is 1. The molecule has 1 aromatic carbocycles. The Balaban J connectivity index is 1.50. The number of carbonyl (C=O) groups is 1. The normalized spacial score (nSPS) is 21.4. The lowest BCUT2D eigenvalue weighted by Crippen LogP contribution is -2.48. The minimum Gasteiger partial charge on any atom is -0.326 e. The molecule has 0 radical (unpaired) electrons. The minimum absolute atomic E-state index is 0.205. The molecule has 1 heterocycles. The molecule has 1 saturated heterocycles. The molecule has 1 atom stereocenters. The smallest absolute Gasteiger partial charge is 0.227 e. The van der Waals surface area contributed by atoms with Crippen LogP contribution in [-0.2, 0) is 11.2 Å². The van der Waals surface area contributed by atoms with Crippen LogP contribution in [0.1, 0.15) is 44.6 Å². The van der Waals surface area contributed by atoms with Crippen LogP contribution in [0.15, 0.2) is 24.3 Å². The molecule has 1 aromatic rings. The highest BCUT2D eigenvalue weighted by Gasteiger charge is 2.21. The first-order valence-electron chi connectivity index (χ1n) is 9.57. The molecule has 1 unspecified atom stereocenters. The quantitative estimate of drug-likeness (QED) is 0.873. The molecule has 1 aliphatic heterocycles. The molecule has 0 bridgehead atoms. The van der Waals surface area contributed by atoms with Gasteiger partial charge in [0.05, 0.1) is 0 Å². The number of nitrogens with one attached hydrogen (secondary N) is 2. The minimum atomic E-state index is 0.205. The molecular weight excluding hydrogens is 298 g/mol. The van der Waals surface area contributed by atoms with E-state index in [2.05, 4.69) is 46.7 Å². The molecule has 1 amide bonds. The fraction of sp³-hybridized carbons (Fsp3) is 0.650. The van der Waals surface area contributed by atoms with Crippen molar-refractivity contribution in [1.82, 2.24) is 10.2 Å². The molecule has 1 saturated carbocycles. The van der Waals surface area contributed by atoms with E-state index in [0.717, 1.165) is 51.1 Å². The molecule has 4 nitrogen and oxygen atoms in total. The standard InChI is InChI=1S/C20H31N3O/c1-16(23-13-11-21-12-14-23)15-17-7-9-19(10-8-17)22-20(24)18-5-3-2-4-6-18/h7-10,16,18,21H,2-6,11-15H2,1H3,(H,22,24). The van der Waals surface area contributed by atoms with Crippen molar-refractivity contribution in [3.8, 4) is 0 Å². The van der Waals surface area contributed by atoms with E-state index < -0.39 is 0 Å². The van der Waals surface area contributed by atoms with Gasteiger partial charge in [0.25, 0.3) is 0 Å². The topological polar surface area (TPSA) is 44.4 Å². The third kappa shape index (κ3) is 4.81. The second-order valence-electron chi connectivity index (χ2n) is 7.36. The predicted octanol–water partition coefficient (Wildman–Crippen LogP) is 3.04. The van der Waals surface area contributed by atoms with E-state index in [-0.39, 0.29) is 11.8 Å². The van der Waals surface area contributed by atoms with Crippen LogP contribution in [0, 0.1) is 5.92 Å². The van der Waals surface area contributed by atoms with Gasteiger partial charge in [0.2, 0.25) is 5.91 Å². The predicted molar refractivity (Wildman–Crippen MR) is 99.3 cm³/mol. The zero-order chi connectivity index (χ0) is 16.8. The highest BCUT2D eigenvalue weighted by molar-refractivity contribution is 5.92. The Labute approximate surface area is 146 Å². The van der Waals surface area contributed by atoms with Crippen LogP contribution in [0.5, 0.6) is 0 Å². The van der Waals surface area contributed by atoms with E-state index in [9.17, 15) is 4.79 Å². The van der Waals surface area contributed by atoms with E-state index >= 15 is 0 Å². The maximum Gasteiger partial charge on any atom is 0.227 e. The molecule has 2 aliphatic rings. The summed E-state index contributed by atoms with van der Waals surface area (Å²) >= 11 is 0. The van der Waals surface area contributed by atoms with Crippen molar-refractivity contribution in [3.05, 3.63) is 29.8 Å². The van der Waals surface area contributed by atoms with Crippen LogP contribution < -0.4 is 10.6 Å². The van der Waals surface area contributed by atoms with Gasteiger partial charge in [-0.1, -0.05) is 31.4 Å². The Morgan fingerprint density at radius 1 is 1.17 bits per heavy atom. The second-order valence-corrected chi connectivity index (χ2v) is 7.36. The highest BCUT2D eigenvalue weighted by atomic mass is 16.1. The number of nitrogens with zero attached hydrogens (tertiary/aromatic N) is 1. The van der Waals surface area contributed by atoms with Gasteiger partial charge in [-0.2, -0.15) is 0 Å². The SMILES string of the molecule is CC(Cc1ccc(NC(=O)C2CCCCC2)cc1)N1CCNCC1. The van der Waals surface area contributed by atoms with Crippen molar-refractivity contribution in [1.29, 1.82) is 0 Å². The number of hydrogen-bond acceptors (Lipinski definition) is 3. The second kappa shape index (κ2) is 8.63. The summed E-state index contributed by atoms with van der Waals surface area (Å²) in [5.74, 6) is 0.419. The van der Waals surface area contributed by atoms with Crippen LogP contribution in [0.25, 0.3) is 0 Å². The Kier molecular flexibility index (Phi) is 6.27. The number of carbonyl (C=O) groups excluding carboxylic acids is 1. The zero-order valence-electron chi connectivity index (χ0n) is 14.9. The average Bonchev–Trinajstić information content (AvgIpc) is 2.65. The van der Waals surface area contributed by atoms with Gasteiger partial charge in [0.1, 0.15) is 0 Å². The summed E-state index contributed by atoms with van der Waals surface area (Å²) in [5, 5.41) is 6.50. The van der Waals surface area contributed by atoms with E-state index in [1.165, 1.54) is 24.8 Å². The molecule has 24 heavy (non-hydrogen) atoms. The molecular formula is C20H31N3O. The molecule has 0 aromatic heterocycles. The first-order chi connectivity index (χ1) is 11.7. The summed E-state index contributed by atoms with van der Waals surface area (Å²) < 4.78 is 0. The lowest BCUT2D eigenvalue weighted by Gasteiger charge is -2.32. The molecule has 3 rings (SSSR count). The van der Waals surface area contributed by atoms with Gasteiger partial charge in [-0.3, -0.25) is 9.69 Å². The number of rotatable bonds is 5. The molecule has 2 N–H and O–H groups in total. The van der Waals surface area contributed by atoms with Gasteiger partial charge < -0.3 is 10.6 Å². The molecule has 4 heteroatoms. The summed E-state index contributed by atoms with van der Waals surface area (Å²) in [6.07, 6.45) is 6.83. The Hall–Kier alpha value is -1.39. The first-order valence-corrected chi connectivity index (χ1v) is 9.57. The highest BCUT2D eigenvalue weighted by Crippen LogP contribution is 2.25. The molecule has 132 valence electrons. The van der Waals surface area contributed by atoms with E-state index in [1.807, 2.05) is 0 Å². The first kappa shape index (κ1) is 17.4. The zero-order valence-corrected chi connectivity index (χ0v) is 14.9.